The van der Waals surface area contributed by atoms with Crippen molar-refractivity contribution in [2.75, 3.05) is 13.2 Å². The molecule has 3 heteroatoms. The van der Waals surface area contributed by atoms with E-state index in [1.165, 1.54) is 57.8 Å². The molecule has 0 aromatic heterocycles. The molecule has 1 atom stereocenters. The van der Waals surface area contributed by atoms with E-state index in [1.807, 2.05) is 0 Å². The highest BCUT2D eigenvalue weighted by Gasteiger charge is 2.18. The summed E-state index contributed by atoms with van der Waals surface area (Å²) in [5, 5.41) is 0. The minimum Gasteiger partial charge on any atom is -0.464 e. The summed E-state index contributed by atoms with van der Waals surface area (Å²) < 4.78 is 5.26. The van der Waals surface area contributed by atoms with Crippen LogP contribution in [0.4, 0.5) is 0 Å². The Balaban J connectivity index is 3.92. The van der Waals surface area contributed by atoms with Gasteiger partial charge in [-0.3, -0.25) is 4.79 Å². The van der Waals surface area contributed by atoms with Gasteiger partial charge in [-0.05, 0) is 12.8 Å². The number of ether oxygens (including phenoxy) is 1. The van der Waals surface area contributed by atoms with Crippen molar-refractivity contribution in [3.8, 4) is 0 Å². The monoisotopic (exact) mass is 313 g/mol. The first-order valence-corrected chi connectivity index (χ1v) is 9.62. The van der Waals surface area contributed by atoms with Gasteiger partial charge in [-0.25, -0.2) is 0 Å². The zero-order valence-electron chi connectivity index (χ0n) is 15.1. The molecule has 0 aromatic carbocycles. The standard InChI is InChI=1S/C19H39NO2/c1-3-5-7-9-11-13-15-18(19(21)22-17-16-20)14-12-10-8-6-4-2/h18H,3-17,20H2,1-2H3. The van der Waals surface area contributed by atoms with E-state index in [9.17, 15) is 4.79 Å². The first-order valence-electron chi connectivity index (χ1n) is 9.62. The average Bonchev–Trinajstić information content (AvgIpc) is 2.53. The van der Waals surface area contributed by atoms with Crippen LogP contribution in [-0.4, -0.2) is 19.1 Å². The van der Waals surface area contributed by atoms with Crippen LogP contribution >= 0.6 is 0 Å². The lowest BCUT2D eigenvalue weighted by Crippen LogP contribution is -2.21. The van der Waals surface area contributed by atoms with Crippen LogP contribution in [0.1, 0.15) is 97.3 Å². The van der Waals surface area contributed by atoms with E-state index >= 15 is 0 Å². The fourth-order valence-electron chi connectivity index (χ4n) is 2.82. The lowest BCUT2D eigenvalue weighted by Gasteiger charge is -2.16. The van der Waals surface area contributed by atoms with Crippen molar-refractivity contribution in [3.63, 3.8) is 0 Å². The molecule has 0 bridgehead atoms. The van der Waals surface area contributed by atoms with Crippen LogP contribution in [-0.2, 0) is 9.53 Å². The topological polar surface area (TPSA) is 52.3 Å². The Morgan fingerprint density at radius 1 is 0.818 bits per heavy atom. The molecular formula is C19H39NO2. The van der Waals surface area contributed by atoms with Gasteiger partial charge in [0.05, 0.1) is 5.92 Å². The summed E-state index contributed by atoms with van der Waals surface area (Å²) in [5.41, 5.74) is 5.42. The maximum atomic E-state index is 12.1. The van der Waals surface area contributed by atoms with Crippen molar-refractivity contribution in [1.29, 1.82) is 0 Å². The molecule has 0 fully saturated rings. The van der Waals surface area contributed by atoms with Gasteiger partial charge in [0.25, 0.3) is 0 Å². The molecule has 132 valence electrons. The van der Waals surface area contributed by atoms with Crippen LogP contribution in [0, 0.1) is 5.92 Å². The lowest BCUT2D eigenvalue weighted by atomic mass is 9.94. The zero-order chi connectivity index (χ0) is 16.5. The summed E-state index contributed by atoms with van der Waals surface area (Å²) in [6.45, 7) is 5.25. The first kappa shape index (κ1) is 21.4. The number of rotatable bonds is 16. The molecule has 0 aliphatic rings. The van der Waals surface area contributed by atoms with Gasteiger partial charge in [0.1, 0.15) is 6.61 Å². The normalized spacial score (nSPS) is 12.3. The highest BCUT2D eigenvalue weighted by Crippen LogP contribution is 2.20. The van der Waals surface area contributed by atoms with Crippen LogP contribution in [0.2, 0.25) is 0 Å². The third-order valence-corrected chi connectivity index (χ3v) is 4.26. The molecule has 0 spiro atoms. The molecule has 0 heterocycles. The Hall–Kier alpha value is -0.570. The summed E-state index contributed by atoms with van der Waals surface area (Å²) >= 11 is 0. The number of nitrogens with two attached hydrogens (primary N) is 1. The van der Waals surface area contributed by atoms with Gasteiger partial charge in [0.2, 0.25) is 0 Å². The number of hydrogen-bond acceptors (Lipinski definition) is 3. The van der Waals surface area contributed by atoms with E-state index in [1.54, 1.807) is 0 Å². The van der Waals surface area contributed by atoms with E-state index < -0.39 is 0 Å². The molecule has 0 rings (SSSR count). The number of esters is 1. The smallest absolute Gasteiger partial charge is 0.308 e. The summed E-state index contributed by atoms with van der Waals surface area (Å²) in [4.78, 5) is 12.1. The molecule has 1 unspecified atom stereocenters. The van der Waals surface area contributed by atoms with Gasteiger partial charge in [0.15, 0.2) is 0 Å². The van der Waals surface area contributed by atoms with Crippen LogP contribution in [0.3, 0.4) is 0 Å². The van der Waals surface area contributed by atoms with E-state index in [-0.39, 0.29) is 11.9 Å². The van der Waals surface area contributed by atoms with Crippen LogP contribution in [0.15, 0.2) is 0 Å². The van der Waals surface area contributed by atoms with Crippen molar-refractivity contribution >= 4 is 5.97 Å². The Bertz CT molecular complexity index is 244. The predicted octanol–water partition coefficient (Wildman–Crippen LogP) is 5.22. The van der Waals surface area contributed by atoms with E-state index in [4.69, 9.17) is 10.5 Å². The molecule has 0 aromatic rings. The van der Waals surface area contributed by atoms with Crippen LogP contribution in [0.5, 0.6) is 0 Å². The van der Waals surface area contributed by atoms with Crippen molar-refractivity contribution in [1.82, 2.24) is 0 Å². The van der Waals surface area contributed by atoms with Gasteiger partial charge >= 0.3 is 5.97 Å². The summed E-state index contributed by atoms with van der Waals surface area (Å²) in [6, 6.07) is 0. The number of carbonyl (C=O) groups excluding carboxylic acids is 1. The Morgan fingerprint density at radius 2 is 1.27 bits per heavy atom. The van der Waals surface area contributed by atoms with Gasteiger partial charge in [-0.2, -0.15) is 0 Å². The summed E-state index contributed by atoms with van der Waals surface area (Å²) in [6.07, 6.45) is 15.9. The molecule has 0 radical (unpaired) electrons. The largest absolute Gasteiger partial charge is 0.464 e. The second kappa shape index (κ2) is 16.8. The average molecular weight is 314 g/mol. The highest BCUT2D eigenvalue weighted by molar-refractivity contribution is 5.72. The Labute approximate surface area is 138 Å². The van der Waals surface area contributed by atoms with E-state index in [0.29, 0.717) is 13.2 Å². The molecule has 0 amide bonds. The third kappa shape index (κ3) is 13.1. The van der Waals surface area contributed by atoms with Crippen molar-refractivity contribution in [3.05, 3.63) is 0 Å². The van der Waals surface area contributed by atoms with Crippen molar-refractivity contribution in [2.24, 2.45) is 11.7 Å². The molecule has 0 aliphatic heterocycles. The number of unbranched alkanes of at least 4 members (excludes halogenated alkanes) is 9. The fraction of sp³-hybridized carbons (Fsp3) is 0.947. The second-order valence-electron chi connectivity index (χ2n) is 6.41. The summed E-state index contributed by atoms with van der Waals surface area (Å²) in [5.74, 6) is 0.0776. The van der Waals surface area contributed by atoms with Crippen LogP contribution < -0.4 is 5.73 Å². The zero-order valence-corrected chi connectivity index (χ0v) is 15.1. The Kier molecular flexibility index (Phi) is 16.4. The number of carbonyl (C=O) groups is 1. The molecule has 0 saturated carbocycles. The van der Waals surface area contributed by atoms with Crippen molar-refractivity contribution < 1.29 is 9.53 Å². The SMILES string of the molecule is CCCCCCCCC(CCCCCCC)C(=O)OCCN. The quantitative estimate of drug-likeness (QED) is 0.314. The van der Waals surface area contributed by atoms with Crippen LogP contribution in [0.25, 0.3) is 0 Å². The maximum absolute atomic E-state index is 12.1. The molecule has 2 N–H and O–H groups in total. The van der Waals surface area contributed by atoms with Crippen molar-refractivity contribution in [2.45, 2.75) is 97.3 Å². The van der Waals surface area contributed by atoms with Gasteiger partial charge in [0, 0.05) is 6.54 Å². The highest BCUT2D eigenvalue weighted by atomic mass is 16.5. The minimum atomic E-state index is -0.0190. The first-order chi connectivity index (χ1) is 10.8. The number of hydrogen-bond donors (Lipinski definition) is 1. The molecule has 3 nitrogen and oxygen atoms in total. The fourth-order valence-corrected chi connectivity index (χ4v) is 2.82. The van der Waals surface area contributed by atoms with E-state index in [0.717, 1.165) is 25.7 Å². The van der Waals surface area contributed by atoms with Gasteiger partial charge in [-0.15, -0.1) is 0 Å². The summed E-state index contributed by atoms with van der Waals surface area (Å²) in [7, 11) is 0. The molecule has 0 aliphatic carbocycles. The molecule has 0 saturated heterocycles. The maximum Gasteiger partial charge on any atom is 0.308 e. The molecule has 22 heavy (non-hydrogen) atoms. The van der Waals surface area contributed by atoms with Gasteiger partial charge in [-0.1, -0.05) is 84.5 Å². The minimum absolute atomic E-state index is 0.0190. The third-order valence-electron chi connectivity index (χ3n) is 4.26. The lowest BCUT2D eigenvalue weighted by molar-refractivity contribution is -0.148. The van der Waals surface area contributed by atoms with E-state index in [2.05, 4.69) is 13.8 Å². The predicted molar refractivity (Wildman–Crippen MR) is 94.9 cm³/mol. The van der Waals surface area contributed by atoms with Gasteiger partial charge < -0.3 is 10.5 Å². The molecular weight excluding hydrogens is 274 g/mol. The second-order valence-corrected chi connectivity index (χ2v) is 6.41. The Morgan fingerprint density at radius 3 is 1.73 bits per heavy atom.